The maximum atomic E-state index is 13.6. The summed E-state index contributed by atoms with van der Waals surface area (Å²) in [7, 11) is 0. The van der Waals surface area contributed by atoms with Crippen LogP contribution in [-0.2, 0) is 6.61 Å². The van der Waals surface area contributed by atoms with Gasteiger partial charge in [0.15, 0.2) is 17.4 Å². The van der Waals surface area contributed by atoms with Gasteiger partial charge in [-0.3, -0.25) is 0 Å². The van der Waals surface area contributed by atoms with Crippen molar-refractivity contribution in [3.8, 4) is 5.75 Å². The first-order valence-electron chi connectivity index (χ1n) is 5.71. The molecular weight excluding hydrogens is 386 g/mol. The zero-order valence-corrected chi connectivity index (χ0v) is 13.4. The molecule has 0 aliphatic rings. The molecule has 0 radical (unpaired) electrons. The van der Waals surface area contributed by atoms with Gasteiger partial charge in [0.2, 0.25) is 0 Å². The first-order valence-corrected chi connectivity index (χ1v) is 7.76. The molecule has 0 aliphatic heterocycles. The average molecular weight is 392 g/mol. The molecule has 21 heavy (non-hydrogen) atoms. The molecule has 0 saturated carbocycles. The number of ether oxygens (including phenoxy) is 1. The third-order valence-electron chi connectivity index (χ3n) is 2.63. The number of nitrogens with zero attached hydrogens (tertiary/aromatic N) is 2. The Hall–Kier alpha value is -1.31. The van der Waals surface area contributed by atoms with Crippen molar-refractivity contribution >= 4 is 49.1 Å². The Morgan fingerprint density at radius 3 is 2.86 bits per heavy atom. The number of thiophene rings is 1. The molecule has 8 heteroatoms. The lowest BCUT2D eigenvalue weighted by Crippen LogP contribution is -2.03. The van der Waals surface area contributed by atoms with Crippen molar-refractivity contribution < 1.29 is 13.5 Å². The van der Waals surface area contributed by atoms with E-state index in [0.717, 1.165) is 22.3 Å². The molecule has 0 saturated heterocycles. The lowest BCUT2D eigenvalue weighted by Gasteiger charge is -2.09. The van der Waals surface area contributed by atoms with Crippen molar-refractivity contribution in [1.82, 2.24) is 9.97 Å². The highest BCUT2D eigenvalue weighted by Crippen LogP contribution is 2.30. The number of benzene rings is 1. The summed E-state index contributed by atoms with van der Waals surface area (Å²) in [5, 5.41) is 2.93. The smallest absolute Gasteiger partial charge is 0.169 e. The fraction of sp³-hybridized carbons (Fsp3) is 0.0769. The van der Waals surface area contributed by atoms with Crippen molar-refractivity contribution in [3.05, 3.63) is 50.7 Å². The van der Waals surface area contributed by atoms with Gasteiger partial charge in [0.1, 0.15) is 22.4 Å². The number of rotatable bonds is 3. The predicted molar refractivity (Wildman–Crippen MR) is 80.8 cm³/mol. The van der Waals surface area contributed by atoms with Gasteiger partial charge in [0.25, 0.3) is 0 Å². The van der Waals surface area contributed by atoms with Gasteiger partial charge in [-0.25, -0.2) is 18.7 Å². The second-order valence-corrected chi connectivity index (χ2v) is 6.16. The summed E-state index contributed by atoms with van der Waals surface area (Å²) in [5.41, 5.74) is 0. The van der Waals surface area contributed by atoms with Gasteiger partial charge in [-0.15, -0.1) is 11.3 Å². The SMILES string of the molecule is Fc1cc(F)c(OCc2nc(Cl)c3ccsc3n2)c(Br)c1. The zero-order valence-electron chi connectivity index (χ0n) is 10.2. The molecule has 3 nitrogen and oxygen atoms in total. The Balaban J connectivity index is 1.86. The molecule has 0 unspecified atom stereocenters. The van der Waals surface area contributed by atoms with Crippen molar-refractivity contribution in [3.63, 3.8) is 0 Å². The zero-order chi connectivity index (χ0) is 15.0. The molecule has 1 aromatic carbocycles. The summed E-state index contributed by atoms with van der Waals surface area (Å²) < 4.78 is 32.1. The van der Waals surface area contributed by atoms with Crippen LogP contribution in [0.2, 0.25) is 5.15 Å². The van der Waals surface area contributed by atoms with Crippen molar-refractivity contribution in [1.29, 1.82) is 0 Å². The van der Waals surface area contributed by atoms with E-state index in [1.54, 1.807) is 0 Å². The largest absolute Gasteiger partial charge is 0.481 e. The van der Waals surface area contributed by atoms with E-state index in [1.807, 2.05) is 11.4 Å². The summed E-state index contributed by atoms with van der Waals surface area (Å²) >= 11 is 10.5. The van der Waals surface area contributed by atoms with Gasteiger partial charge in [0.05, 0.1) is 4.47 Å². The maximum absolute atomic E-state index is 13.6. The molecular formula is C13H6BrClF2N2OS. The third kappa shape index (κ3) is 3.00. The van der Waals surface area contributed by atoms with Crippen LogP contribution in [0.4, 0.5) is 8.78 Å². The van der Waals surface area contributed by atoms with Crippen LogP contribution < -0.4 is 4.74 Å². The topological polar surface area (TPSA) is 35.0 Å². The molecule has 0 bridgehead atoms. The quantitative estimate of drug-likeness (QED) is 0.592. The summed E-state index contributed by atoms with van der Waals surface area (Å²) in [6, 6.07) is 3.69. The van der Waals surface area contributed by atoms with E-state index in [-0.39, 0.29) is 16.8 Å². The minimum Gasteiger partial charge on any atom is -0.481 e. The van der Waals surface area contributed by atoms with Gasteiger partial charge < -0.3 is 4.74 Å². The van der Waals surface area contributed by atoms with Crippen LogP contribution in [0.1, 0.15) is 5.82 Å². The van der Waals surface area contributed by atoms with Crippen LogP contribution >= 0.6 is 38.9 Å². The molecule has 2 aromatic heterocycles. The molecule has 0 atom stereocenters. The lowest BCUT2D eigenvalue weighted by molar-refractivity contribution is 0.278. The highest BCUT2D eigenvalue weighted by molar-refractivity contribution is 9.10. The van der Waals surface area contributed by atoms with Crippen LogP contribution in [0, 0.1) is 11.6 Å². The fourth-order valence-corrected chi connectivity index (χ4v) is 3.34. The minimum atomic E-state index is -0.801. The Bertz CT molecular complexity index is 804. The number of aromatic nitrogens is 2. The number of hydrogen-bond donors (Lipinski definition) is 0. The molecule has 3 rings (SSSR count). The van der Waals surface area contributed by atoms with Gasteiger partial charge in [-0.2, -0.15) is 0 Å². The highest BCUT2D eigenvalue weighted by atomic mass is 79.9. The fourth-order valence-electron chi connectivity index (χ4n) is 1.73. The summed E-state index contributed by atoms with van der Waals surface area (Å²) in [6.07, 6.45) is 0. The van der Waals surface area contributed by atoms with Crippen molar-refractivity contribution in [2.24, 2.45) is 0 Å². The van der Waals surface area contributed by atoms with Crippen LogP contribution in [0.15, 0.2) is 28.1 Å². The van der Waals surface area contributed by atoms with Crippen LogP contribution in [0.5, 0.6) is 5.75 Å². The second kappa shape index (κ2) is 5.82. The van der Waals surface area contributed by atoms with Crippen LogP contribution in [0.25, 0.3) is 10.2 Å². The van der Waals surface area contributed by atoms with E-state index in [9.17, 15) is 8.78 Å². The Labute approximate surface area is 135 Å². The Morgan fingerprint density at radius 2 is 2.10 bits per heavy atom. The summed E-state index contributed by atoms with van der Waals surface area (Å²) in [4.78, 5) is 9.09. The third-order valence-corrected chi connectivity index (χ3v) is 4.32. The molecule has 108 valence electrons. The molecule has 0 amide bonds. The summed E-state index contributed by atoms with van der Waals surface area (Å²) in [6.45, 7) is -0.0747. The number of halogens is 4. The molecule has 3 aromatic rings. The predicted octanol–water partition coefficient (Wildman–Crippen LogP) is 4.96. The first-order chi connectivity index (χ1) is 10.0. The summed E-state index contributed by atoms with van der Waals surface area (Å²) in [5.74, 6) is -1.26. The number of fused-ring (bicyclic) bond motifs is 1. The van der Waals surface area contributed by atoms with E-state index in [1.165, 1.54) is 11.3 Å². The molecule has 0 fully saturated rings. The molecule has 2 heterocycles. The molecule has 0 N–H and O–H groups in total. The van der Waals surface area contributed by atoms with Gasteiger partial charge in [0, 0.05) is 11.5 Å². The van der Waals surface area contributed by atoms with E-state index in [0.29, 0.717) is 11.0 Å². The van der Waals surface area contributed by atoms with Crippen LogP contribution in [0.3, 0.4) is 0 Å². The van der Waals surface area contributed by atoms with E-state index in [2.05, 4.69) is 25.9 Å². The maximum Gasteiger partial charge on any atom is 0.169 e. The van der Waals surface area contributed by atoms with Gasteiger partial charge >= 0.3 is 0 Å². The van der Waals surface area contributed by atoms with Gasteiger partial charge in [-0.1, -0.05) is 11.6 Å². The molecule has 0 aliphatic carbocycles. The standard InChI is InChI=1S/C13H6BrClF2N2OS/c14-8-3-6(16)4-9(17)11(8)20-5-10-18-12(15)7-1-2-21-13(7)19-10/h1-4H,5H2. The van der Waals surface area contributed by atoms with Crippen molar-refractivity contribution in [2.45, 2.75) is 6.61 Å². The van der Waals surface area contributed by atoms with E-state index >= 15 is 0 Å². The Kier molecular flexibility index (Phi) is 4.05. The highest BCUT2D eigenvalue weighted by Gasteiger charge is 2.13. The molecule has 0 spiro atoms. The Morgan fingerprint density at radius 1 is 1.29 bits per heavy atom. The average Bonchev–Trinajstić information content (AvgIpc) is 2.86. The minimum absolute atomic E-state index is 0.0747. The van der Waals surface area contributed by atoms with E-state index in [4.69, 9.17) is 16.3 Å². The first kappa shape index (κ1) is 14.6. The normalized spacial score (nSPS) is 11.0. The van der Waals surface area contributed by atoms with Gasteiger partial charge in [-0.05, 0) is 33.4 Å². The second-order valence-electron chi connectivity index (χ2n) is 4.06. The monoisotopic (exact) mass is 390 g/mol. The van der Waals surface area contributed by atoms with Crippen molar-refractivity contribution in [2.75, 3.05) is 0 Å². The van der Waals surface area contributed by atoms with Crippen LogP contribution in [-0.4, -0.2) is 9.97 Å². The number of hydrogen-bond acceptors (Lipinski definition) is 4. The lowest BCUT2D eigenvalue weighted by atomic mass is 10.3. The van der Waals surface area contributed by atoms with E-state index < -0.39 is 11.6 Å².